The van der Waals surface area contributed by atoms with E-state index in [4.69, 9.17) is 9.68 Å². The molecule has 0 bridgehead atoms. The molecule has 0 saturated carbocycles. The summed E-state index contributed by atoms with van der Waals surface area (Å²) in [6.07, 6.45) is 1.69. The van der Waals surface area contributed by atoms with Crippen LogP contribution in [0.3, 0.4) is 0 Å². The van der Waals surface area contributed by atoms with Gasteiger partial charge in [-0.1, -0.05) is 18.2 Å². The van der Waals surface area contributed by atoms with Gasteiger partial charge in [-0.3, -0.25) is 0 Å². The van der Waals surface area contributed by atoms with E-state index < -0.39 is 0 Å². The smallest absolute Gasteiger partial charge is 0.134 e. The van der Waals surface area contributed by atoms with Gasteiger partial charge in [0.2, 0.25) is 0 Å². The first-order valence-electron chi connectivity index (χ1n) is 5.16. The van der Waals surface area contributed by atoms with Gasteiger partial charge in [-0.2, -0.15) is 5.26 Å². The standard InChI is InChI=1S/C13H13NO/c1-10(9-14)6-7-12-8-11-4-2-3-5-13(11)15-12/h2-5,8,10H,6-7H2,1H3. The van der Waals surface area contributed by atoms with Crippen molar-refractivity contribution >= 4 is 11.0 Å². The summed E-state index contributed by atoms with van der Waals surface area (Å²) in [5.74, 6) is 1.07. The average Bonchev–Trinajstić information content (AvgIpc) is 2.68. The fraction of sp³-hybridized carbons (Fsp3) is 0.308. The molecule has 2 nitrogen and oxygen atoms in total. The molecule has 0 radical (unpaired) electrons. The molecule has 0 spiro atoms. The van der Waals surface area contributed by atoms with Crippen molar-refractivity contribution in [3.05, 3.63) is 36.1 Å². The van der Waals surface area contributed by atoms with Gasteiger partial charge in [0.05, 0.1) is 6.07 Å². The number of aryl methyl sites for hydroxylation is 1. The molecule has 0 fully saturated rings. The second-order valence-electron chi connectivity index (χ2n) is 3.82. The predicted molar refractivity (Wildman–Crippen MR) is 59.3 cm³/mol. The lowest BCUT2D eigenvalue weighted by Gasteiger charge is -1.97. The SMILES string of the molecule is CC(C#N)CCc1cc2ccccc2o1. The monoisotopic (exact) mass is 199 g/mol. The van der Waals surface area contributed by atoms with Crippen molar-refractivity contribution in [1.82, 2.24) is 0 Å². The molecule has 15 heavy (non-hydrogen) atoms. The van der Waals surface area contributed by atoms with Crippen molar-refractivity contribution in [1.29, 1.82) is 5.26 Å². The largest absolute Gasteiger partial charge is 0.461 e. The van der Waals surface area contributed by atoms with Crippen molar-refractivity contribution < 1.29 is 4.42 Å². The van der Waals surface area contributed by atoms with Crippen molar-refractivity contribution in [3.8, 4) is 6.07 Å². The summed E-state index contributed by atoms with van der Waals surface area (Å²) < 4.78 is 5.65. The Labute approximate surface area is 89.1 Å². The third kappa shape index (κ3) is 2.19. The Morgan fingerprint density at radius 1 is 1.40 bits per heavy atom. The highest BCUT2D eigenvalue weighted by molar-refractivity contribution is 5.77. The second-order valence-corrected chi connectivity index (χ2v) is 3.82. The highest BCUT2D eigenvalue weighted by atomic mass is 16.3. The zero-order valence-electron chi connectivity index (χ0n) is 8.73. The Kier molecular flexibility index (Phi) is 2.73. The van der Waals surface area contributed by atoms with Crippen LogP contribution >= 0.6 is 0 Å². The van der Waals surface area contributed by atoms with Gasteiger partial charge < -0.3 is 4.42 Å². The van der Waals surface area contributed by atoms with Crippen molar-refractivity contribution in [3.63, 3.8) is 0 Å². The predicted octanol–water partition coefficient (Wildman–Crippen LogP) is 3.53. The summed E-state index contributed by atoms with van der Waals surface area (Å²) in [4.78, 5) is 0. The van der Waals surface area contributed by atoms with Gasteiger partial charge >= 0.3 is 0 Å². The summed E-state index contributed by atoms with van der Waals surface area (Å²) in [6, 6.07) is 12.3. The first-order valence-corrected chi connectivity index (χ1v) is 5.16. The van der Waals surface area contributed by atoms with E-state index in [1.54, 1.807) is 0 Å². The first-order chi connectivity index (χ1) is 7.29. The first kappa shape index (κ1) is 9.79. The number of fused-ring (bicyclic) bond motifs is 1. The highest BCUT2D eigenvalue weighted by Gasteiger charge is 2.05. The van der Waals surface area contributed by atoms with Crippen molar-refractivity contribution in [2.24, 2.45) is 5.92 Å². The molecule has 1 heterocycles. The van der Waals surface area contributed by atoms with Gasteiger partial charge in [-0.15, -0.1) is 0 Å². The van der Waals surface area contributed by atoms with Gasteiger partial charge in [-0.05, 0) is 25.5 Å². The van der Waals surface area contributed by atoms with E-state index in [2.05, 4.69) is 12.1 Å². The maximum atomic E-state index is 8.67. The van der Waals surface area contributed by atoms with Crippen LogP contribution in [0.5, 0.6) is 0 Å². The van der Waals surface area contributed by atoms with E-state index in [-0.39, 0.29) is 5.92 Å². The Morgan fingerprint density at radius 3 is 2.93 bits per heavy atom. The molecule has 2 rings (SSSR count). The van der Waals surface area contributed by atoms with Crippen LogP contribution in [0.1, 0.15) is 19.1 Å². The van der Waals surface area contributed by atoms with Gasteiger partial charge in [0.15, 0.2) is 0 Å². The van der Waals surface area contributed by atoms with E-state index in [1.807, 2.05) is 31.2 Å². The lowest BCUT2D eigenvalue weighted by atomic mass is 10.1. The third-order valence-corrected chi connectivity index (χ3v) is 2.52. The number of nitrogens with zero attached hydrogens (tertiary/aromatic N) is 1. The number of rotatable bonds is 3. The number of furan rings is 1. The zero-order chi connectivity index (χ0) is 10.7. The summed E-state index contributed by atoms with van der Waals surface area (Å²) in [6.45, 7) is 1.93. The number of hydrogen-bond acceptors (Lipinski definition) is 2. The van der Waals surface area contributed by atoms with E-state index in [0.717, 1.165) is 29.6 Å². The van der Waals surface area contributed by atoms with Crippen LogP contribution in [0.15, 0.2) is 34.7 Å². The average molecular weight is 199 g/mol. The van der Waals surface area contributed by atoms with Crippen LogP contribution in [0, 0.1) is 17.2 Å². The maximum absolute atomic E-state index is 8.67. The van der Waals surface area contributed by atoms with Crippen LogP contribution in [0.4, 0.5) is 0 Å². The quantitative estimate of drug-likeness (QED) is 0.758. The summed E-state index contributed by atoms with van der Waals surface area (Å²) in [5, 5.41) is 9.81. The normalized spacial score (nSPS) is 12.5. The molecule has 0 aliphatic heterocycles. The van der Waals surface area contributed by atoms with E-state index in [9.17, 15) is 0 Å². The minimum absolute atomic E-state index is 0.0956. The molecule has 76 valence electrons. The summed E-state index contributed by atoms with van der Waals surface area (Å²) in [7, 11) is 0. The zero-order valence-corrected chi connectivity index (χ0v) is 8.73. The topological polar surface area (TPSA) is 36.9 Å². The minimum Gasteiger partial charge on any atom is -0.461 e. The fourth-order valence-corrected chi connectivity index (χ4v) is 1.58. The van der Waals surface area contributed by atoms with Gasteiger partial charge in [0.1, 0.15) is 11.3 Å². The Morgan fingerprint density at radius 2 is 2.20 bits per heavy atom. The fourth-order valence-electron chi connectivity index (χ4n) is 1.58. The third-order valence-electron chi connectivity index (χ3n) is 2.52. The molecule has 1 unspecified atom stereocenters. The molecule has 0 amide bonds. The lowest BCUT2D eigenvalue weighted by molar-refractivity contribution is 0.519. The number of para-hydroxylation sites is 1. The molecule has 0 aliphatic rings. The van der Waals surface area contributed by atoms with Crippen molar-refractivity contribution in [2.45, 2.75) is 19.8 Å². The lowest BCUT2D eigenvalue weighted by Crippen LogP contribution is -1.92. The Hall–Kier alpha value is -1.75. The number of nitriles is 1. The van der Waals surface area contributed by atoms with E-state index >= 15 is 0 Å². The maximum Gasteiger partial charge on any atom is 0.134 e. The summed E-state index contributed by atoms with van der Waals surface area (Å²) >= 11 is 0. The minimum atomic E-state index is 0.0956. The number of hydrogen-bond donors (Lipinski definition) is 0. The van der Waals surface area contributed by atoms with Crippen LogP contribution < -0.4 is 0 Å². The Bertz CT molecular complexity index is 459. The van der Waals surface area contributed by atoms with E-state index in [1.165, 1.54) is 0 Å². The molecule has 1 aromatic carbocycles. The molecule has 0 N–H and O–H groups in total. The van der Waals surface area contributed by atoms with Crippen LogP contribution in [-0.4, -0.2) is 0 Å². The highest BCUT2D eigenvalue weighted by Crippen LogP contribution is 2.20. The molecule has 0 aliphatic carbocycles. The Balaban J connectivity index is 2.13. The molecular weight excluding hydrogens is 186 g/mol. The molecule has 1 aromatic heterocycles. The van der Waals surface area contributed by atoms with E-state index in [0.29, 0.717) is 0 Å². The molecular formula is C13H13NO. The van der Waals surface area contributed by atoms with Gasteiger partial charge in [0, 0.05) is 17.7 Å². The molecule has 1 atom stereocenters. The number of benzene rings is 1. The van der Waals surface area contributed by atoms with Gasteiger partial charge in [-0.25, -0.2) is 0 Å². The van der Waals surface area contributed by atoms with Crippen LogP contribution in [0.25, 0.3) is 11.0 Å². The summed E-state index contributed by atoms with van der Waals surface area (Å²) in [5.41, 5.74) is 0.928. The van der Waals surface area contributed by atoms with Crippen LogP contribution in [-0.2, 0) is 6.42 Å². The van der Waals surface area contributed by atoms with Crippen LogP contribution in [0.2, 0.25) is 0 Å². The molecule has 2 heteroatoms. The second kappa shape index (κ2) is 4.18. The molecule has 0 saturated heterocycles. The van der Waals surface area contributed by atoms with Gasteiger partial charge in [0.25, 0.3) is 0 Å². The molecule has 2 aromatic rings. The van der Waals surface area contributed by atoms with Crippen molar-refractivity contribution in [2.75, 3.05) is 0 Å².